The van der Waals surface area contributed by atoms with E-state index in [1.54, 1.807) is 0 Å². The third kappa shape index (κ3) is 6.23. The molecule has 2 rings (SSSR count). The molecule has 1 aromatic carbocycles. The Morgan fingerprint density at radius 1 is 1.21 bits per heavy atom. The molecule has 6 heteroatoms. The van der Waals surface area contributed by atoms with Gasteiger partial charge >= 0.3 is 0 Å². The van der Waals surface area contributed by atoms with E-state index < -0.39 is 0 Å². The van der Waals surface area contributed by atoms with Crippen LogP contribution < -0.4 is 5.32 Å². The molecule has 2 atom stereocenters. The van der Waals surface area contributed by atoms with Gasteiger partial charge in [0.1, 0.15) is 0 Å². The average molecular weight is 389 g/mol. The van der Waals surface area contributed by atoms with E-state index in [2.05, 4.69) is 29.6 Å². The minimum atomic E-state index is 0.0872. The summed E-state index contributed by atoms with van der Waals surface area (Å²) in [5.41, 5.74) is 1.22. The molecule has 1 fully saturated rings. The van der Waals surface area contributed by atoms with E-state index in [1.165, 1.54) is 5.56 Å². The number of rotatable bonds is 8. The van der Waals surface area contributed by atoms with Crippen LogP contribution in [0.2, 0.25) is 0 Å². The smallest absolute Gasteiger partial charge is 0.242 e. The fourth-order valence-corrected chi connectivity index (χ4v) is 3.67. The van der Waals surface area contributed by atoms with Crippen molar-refractivity contribution in [3.05, 3.63) is 35.9 Å². The van der Waals surface area contributed by atoms with E-state index in [0.717, 1.165) is 45.0 Å². The third-order valence-electron chi connectivity index (χ3n) is 5.23. The summed E-state index contributed by atoms with van der Waals surface area (Å²) in [5, 5.41) is 3.32. The van der Waals surface area contributed by atoms with Crippen molar-refractivity contribution >= 4 is 11.9 Å². The summed E-state index contributed by atoms with van der Waals surface area (Å²) in [6.07, 6.45) is 2.25. The summed E-state index contributed by atoms with van der Waals surface area (Å²) in [4.78, 5) is 21.1. The summed E-state index contributed by atoms with van der Waals surface area (Å²) >= 11 is 0. The highest BCUT2D eigenvalue weighted by atomic mass is 16.5. The SMILES string of the molecule is CCNC(=NCC1CCCOC1c1ccccc1)N(C)CC(=O)N(CC)CC. The maximum atomic E-state index is 12.4. The van der Waals surface area contributed by atoms with Crippen LogP contribution in [-0.4, -0.2) is 68.0 Å². The van der Waals surface area contributed by atoms with E-state index in [9.17, 15) is 4.79 Å². The van der Waals surface area contributed by atoms with Crippen molar-refractivity contribution in [3.63, 3.8) is 0 Å². The van der Waals surface area contributed by atoms with Gasteiger partial charge in [0, 0.05) is 45.8 Å². The summed E-state index contributed by atoms with van der Waals surface area (Å²) < 4.78 is 6.09. The average Bonchev–Trinajstić information content (AvgIpc) is 2.72. The fourth-order valence-electron chi connectivity index (χ4n) is 3.67. The molecule has 0 aliphatic carbocycles. The van der Waals surface area contributed by atoms with E-state index in [1.807, 2.05) is 43.7 Å². The first kappa shape index (κ1) is 22.2. The number of ether oxygens (including phenoxy) is 1. The fraction of sp³-hybridized carbons (Fsp3) is 0.636. The molecular weight excluding hydrogens is 352 g/mol. The number of amides is 1. The normalized spacial score (nSPS) is 19.9. The van der Waals surface area contributed by atoms with Gasteiger partial charge in [-0.3, -0.25) is 9.79 Å². The van der Waals surface area contributed by atoms with Gasteiger partial charge in [0.25, 0.3) is 0 Å². The van der Waals surface area contributed by atoms with E-state index >= 15 is 0 Å². The lowest BCUT2D eigenvalue weighted by atomic mass is 9.89. The Kier molecular flexibility index (Phi) is 9.28. The number of guanidine groups is 1. The third-order valence-corrected chi connectivity index (χ3v) is 5.23. The van der Waals surface area contributed by atoms with E-state index in [4.69, 9.17) is 9.73 Å². The van der Waals surface area contributed by atoms with Crippen LogP contribution in [0.4, 0.5) is 0 Å². The van der Waals surface area contributed by atoms with Crippen LogP contribution in [-0.2, 0) is 9.53 Å². The zero-order valence-corrected chi connectivity index (χ0v) is 17.9. The maximum Gasteiger partial charge on any atom is 0.242 e. The van der Waals surface area contributed by atoms with Crippen LogP contribution in [0.25, 0.3) is 0 Å². The minimum Gasteiger partial charge on any atom is -0.373 e. The number of benzene rings is 1. The molecular formula is C22H36N4O2. The molecule has 2 unspecified atom stereocenters. The summed E-state index contributed by atoms with van der Waals surface area (Å²) in [6, 6.07) is 10.4. The Labute approximate surface area is 170 Å². The molecule has 28 heavy (non-hydrogen) atoms. The molecule has 0 bridgehead atoms. The summed E-state index contributed by atoms with van der Waals surface area (Å²) in [5.74, 6) is 1.25. The number of nitrogens with one attached hydrogen (secondary N) is 1. The first-order chi connectivity index (χ1) is 13.6. The van der Waals surface area contributed by atoms with Crippen LogP contribution in [0.5, 0.6) is 0 Å². The monoisotopic (exact) mass is 388 g/mol. The van der Waals surface area contributed by atoms with Gasteiger partial charge in [-0.1, -0.05) is 30.3 Å². The van der Waals surface area contributed by atoms with E-state index in [0.29, 0.717) is 19.0 Å². The summed E-state index contributed by atoms with van der Waals surface area (Å²) in [7, 11) is 1.93. The second-order valence-electron chi connectivity index (χ2n) is 7.22. The molecule has 0 radical (unpaired) electrons. The Morgan fingerprint density at radius 3 is 2.57 bits per heavy atom. The van der Waals surface area contributed by atoms with Gasteiger partial charge < -0.3 is 19.9 Å². The van der Waals surface area contributed by atoms with Crippen molar-refractivity contribution < 1.29 is 9.53 Å². The first-order valence-electron chi connectivity index (χ1n) is 10.5. The highest BCUT2D eigenvalue weighted by Gasteiger charge is 2.27. The quantitative estimate of drug-likeness (QED) is 0.550. The van der Waals surface area contributed by atoms with Crippen molar-refractivity contribution in [2.24, 2.45) is 10.9 Å². The number of nitrogens with zero attached hydrogens (tertiary/aromatic N) is 3. The predicted molar refractivity (Wildman–Crippen MR) is 114 cm³/mol. The molecule has 1 aliphatic rings. The molecule has 1 amide bonds. The highest BCUT2D eigenvalue weighted by Crippen LogP contribution is 2.33. The lowest BCUT2D eigenvalue weighted by molar-refractivity contribution is -0.131. The van der Waals surface area contributed by atoms with Crippen LogP contribution in [0, 0.1) is 5.92 Å². The van der Waals surface area contributed by atoms with Crippen molar-refractivity contribution in [1.82, 2.24) is 15.1 Å². The Hall–Kier alpha value is -2.08. The van der Waals surface area contributed by atoms with Crippen molar-refractivity contribution in [2.75, 3.05) is 46.4 Å². The number of aliphatic imine (C=N–C) groups is 1. The van der Waals surface area contributed by atoms with Gasteiger partial charge in [-0.05, 0) is 39.2 Å². The number of hydrogen-bond donors (Lipinski definition) is 1. The number of hydrogen-bond acceptors (Lipinski definition) is 3. The molecule has 6 nitrogen and oxygen atoms in total. The van der Waals surface area contributed by atoms with Gasteiger partial charge in [-0.15, -0.1) is 0 Å². The Morgan fingerprint density at radius 2 is 1.93 bits per heavy atom. The second-order valence-corrected chi connectivity index (χ2v) is 7.22. The van der Waals surface area contributed by atoms with Gasteiger partial charge in [0.2, 0.25) is 5.91 Å². The first-order valence-corrected chi connectivity index (χ1v) is 10.5. The summed E-state index contributed by atoms with van der Waals surface area (Å²) in [6.45, 7) is 10.1. The van der Waals surface area contributed by atoms with Crippen LogP contribution in [0.1, 0.15) is 45.3 Å². The number of likely N-dealkylation sites (N-methyl/N-ethyl adjacent to an activating group) is 2. The lowest BCUT2D eigenvalue weighted by Crippen LogP contribution is -2.46. The zero-order valence-electron chi connectivity index (χ0n) is 17.9. The molecule has 1 saturated heterocycles. The molecule has 1 N–H and O–H groups in total. The van der Waals surface area contributed by atoms with Gasteiger partial charge in [-0.2, -0.15) is 0 Å². The van der Waals surface area contributed by atoms with E-state index in [-0.39, 0.29) is 12.0 Å². The van der Waals surface area contributed by atoms with Crippen LogP contribution in [0.15, 0.2) is 35.3 Å². The molecule has 0 saturated carbocycles. The maximum absolute atomic E-state index is 12.4. The largest absolute Gasteiger partial charge is 0.373 e. The molecule has 1 heterocycles. The highest BCUT2D eigenvalue weighted by molar-refractivity contribution is 5.86. The van der Waals surface area contributed by atoms with Crippen molar-refractivity contribution in [1.29, 1.82) is 0 Å². The molecule has 1 aromatic rings. The molecule has 156 valence electrons. The number of carbonyl (C=O) groups excluding carboxylic acids is 1. The minimum absolute atomic E-state index is 0.0872. The molecule has 1 aliphatic heterocycles. The van der Waals surface area contributed by atoms with Gasteiger partial charge in [0.15, 0.2) is 5.96 Å². The topological polar surface area (TPSA) is 57.2 Å². The van der Waals surface area contributed by atoms with Gasteiger partial charge in [-0.25, -0.2) is 0 Å². The van der Waals surface area contributed by atoms with Gasteiger partial charge in [0.05, 0.1) is 12.6 Å². The predicted octanol–water partition coefficient (Wildman–Crippen LogP) is 2.92. The Bertz CT molecular complexity index is 616. The lowest BCUT2D eigenvalue weighted by Gasteiger charge is -2.32. The van der Waals surface area contributed by atoms with Crippen LogP contribution >= 0.6 is 0 Å². The van der Waals surface area contributed by atoms with Crippen molar-refractivity contribution in [3.8, 4) is 0 Å². The van der Waals surface area contributed by atoms with Crippen LogP contribution in [0.3, 0.4) is 0 Å². The molecule has 0 aromatic heterocycles. The second kappa shape index (κ2) is 11.7. The Balaban J connectivity index is 2.06. The van der Waals surface area contributed by atoms with Crippen molar-refractivity contribution in [2.45, 2.75) is 39.7 Å². The standard InChI is InChI=1S/C22H36N4O2/c1-5-23-22(25(4)17-20(27)26(6-2)7-3)24-16-19-14-11-15-28-21(19)18-12-9-8-10-13-18/h8-10,12-13,19,21H,5-7,11,14-17H2,1-4H3,(H,23,24). The molecule has 0 spiro atoms. The zero-order chi connectivity index (χ0) is 20.4. The number of carbonyl (C=O) groups is 1.